The maximum Gasteiger partial charge on any atom is 0.269 e. The zero-order valence-electron chi connectivity index (χ0n) is 24.6. The van der Waals surface area contributed by atoms with E-state index in [0.29, 0.717) is 28.1 Å². The van der Waals surface area contributed by atoms with Gasteiger partial charge in [0.2, 0.25) is 0 Å². The van der Waals surface area contributed by atoms with Crippen LogP contribution in [-0.4, -0.2) is 21.3 Å². The Bertz CT molecular complexity index is 2070. The molecular weight excluding hydrogens is 580 g/mol. The number of aryl methyl sites for hydroxylation is 1. The summed E-state index contributed by atoms with van der Waals surface area (Å²) in [6, 6.07) is 37.4. The Hall–Kier alpha value is -6.22. The Balaban J connectivity index is 1.51. The predicted molar refractivity (Wildman–Crippen MR) is 177 cm³/mol. The van der Waals surface area contributed by atoms with Gasteiger partial charge in [0.05, 0.1) is 27.2 Å². The first-order chi connectivity index (χ1) is 22.3. The lowest BCUT2D eigenvalue weighted by Crippen LogP contribution is -2.49. The molecule has 0 saturated heterocycles. The Morgan fingerprint density at radius 3 is 1.96 bits per heavy atom. The lowest BCUT2D eigenvalue weighted by atomic mass is 9.71. The predicted octanol–water partition coefficient (Wildman–Crippen LogP) is 7.84. The number of ketones is 1. The number of carbonyl (C=O) groups is 1. The second kappa shape index (κ2) is 11.0. The number of benzene rings is 5. The van der Waals surface area contributed by atoms with Crippen LogP contribution in [0.25, 0.3) is 11.6 Å². The molecule has 2 aliphatic rings. The van der Waals surface area contributed by atoms with Crippen LogP contribution in [-0.2, 0) is 10.3 Å². The van der Waals surface area contributed by atoms with Crippen LogP contribution in [0, 0.1) is 27.2 Å². The van der Waals surface area contributed by atoms with Gasteiger partial charge in [0, 0.05) is 29.8 Å². The molecule has 2 atom stereocenters. The van der Waals surface area contributed by atoms with Crippen molar-refractivity contribution in [3.8, 4) is 0 Å². The van der Waals surface area contributed by atoms with Crippen molar-refractivity contribution in [1.82, 2.24) is 0 Å². The van der Waals surface area contributed by atoms with Crippen LogP contribution in [0.1, 0.15) is 39.3 Å². The number of Topliss-reactive ketones (excluding diaryl/α,β-unsaturated/α-hetero) is 1. The lowest BCUT2D eigenvalue weighted by Gasteiger charge is -2.38. The van der Waals surface area contributed by atoms with Gasteiger partial charge in [0.1, 0.15) is 0 Å². The molecule has 46 heavy (non-hydrogen) atoms. The summed E-state index contributed by atoms with van der Waals surface area (Å²) in [5, 5.41) is 29.9. The van der Waals surface area contributed by atoms with Gasteiger partial charge < -0.3 is 0 Å². The Morgan fingerprint density at radius 2 is 1.33 bits per heavy atom. The van der Waals surface area contributed by atoms with E-state index in [-0.39, 0.29) is 17.2 Å². The summed E-state index contributed by atoms with van der Waals surface area (Å²) in [5.74, 6) is -0.863. The first kappa shape index (κ1) is 28.5. The number of nitrogens with zero attached hydrogens (tertiary/aromatic N) is 4. The molecule has 1 heterocycles. The molecule has 5 aromatic carbocycles. The van der Waals surface area contributed by atoms with Crippen molar-refractivity contribution >= 4 is 40.2 Å². The number of rotatable bonds is 6. The highest BCUT2D eigenvalue weighted by Gasteiger charge is 2.63. The number of nitro benzene ring substituents is 2. The summed E-state index contributed by atoms with van der Waals surface area (Å²) >= 11 is 0. The van der Waals surface area contributed by atoms with Gasteiger partial charge in [-0.3, -0.25) is 25.0 Å². The number of para-hydroxylation sites is 1. The molecule has 1 aliphatic heterocycles. The van der Waals surface area contributed by atoms with Gasteiger partial charge in [0.25, 0.3) is 11.4 Å². The molecule has 7 rings (SSSR count). The van der Waals surface area contributed by atoms with Gasteiger partial charge in [-0.1, -0.05) is 84.4 Å². The minimum absolute atomic E-state index is 0.0443. The summed E-state index contributed by atoms with van der Waals surface area (Å²) < 4.78 is 0. The fourth-order valence-electron chi connectivity index (χ4n) is 6.53. The standard InChI is InChI=1S/C37H26N4O5/c1-24-11-15-27(16-12-24)35-34(26-17-21-30(22-18-26)41(45)46)37(39(38-35)28-7-3-2-4-8-28)33-10-6-5-9-31(33)32(36(37)42)23-25-13-19-29(20-14-25)40(43)44/h2-23,34H,1H3/b32-23+/t34-,37-/m0/s1. The first-order valence-electron chi connectivity index (χ1n) is 14.6. The van der Waals surface area contributed by atoms with E-state index >= 15 is 4.79 Å². The summed E-state index contributed by atoms with van der Waals surface area (Å²) in [4.78, 5) is 37.3. The molecule has 9 nitrogen and oxygen atoms in total. The summed E-state index contributed by atoms with van der Waals surface area (Å²) in [7, 11) is 0. The Labute approximate surface area is 264 Å². The maximum atomic E-state index is 15.3. The molecule has 0 amide bonds. The van der Waals surface area contributed by atoms with Crippen LogP contribution in [0.4, 0.5) is 17.1 Å². The highest BCUT2D eigenvalue weighted by Crippen LogP contribution is 2.58. The fraction of sp³-hybridized carbons (Fsp3) is 0.0811. The third-order valence-corrected chi connectivity index (χ3v) is 8.65. The number of nitro groups is 2. The van der Waals surface area contributed by atoms with E-state index in [0.717, 1.165) is 22.3 Å². The molecule has 1 spiro atoms. The van der Waals surface area contributed by atoms with E-state index in [1.165, 1.54) is 24.3 Å². The van der Waals surface area contributed by atoms with E-state index in [1.54, 1.807) is 35.4 Å². The Kier molecular flexibility index (Phi) is 6.86. The quantitative estimate of drug-likeness (QED) is 0.110. The fourth-order valence-corrected chi connectivity index (χ4v) is 6.53. The molecule has 0 radical (unpaired) electrons. The highest BCUT2D eigenvalue weighted by atomic mass is 16.6. The van der Waals surface area contributed by atoms with Gasteiger partial charge in [-0.05, 0) is 65.1 Å². The van der Waals surface area contributed by atoms with Crippen molar-refractivity contribution in [2.75, 3.05) is 5.01 Å². The van der Waals surface area contributed by atoms with Crippen LogP contribution in [0.3, 0.4) is 0 Å². The molecule has 224 valence electrons. The molecule has 0 saturated carbocycles. The smallest absolute Gasteiger partial charge is 0.269 e. The van der Waals surface area contributed by atoms with Gasteiger partial charge in [-0.25, -0.2) is 5.01 Å². The largest absolute Gasteiger partial charge is 0.291 e. The van der Waals surface area contributed by atoms with Crippen molar-refractivity contribution in [2.24, 2.45) is 5.10 Å². The zero-order valence-corrected chi connectivity index (χ0v) is 24.6. The molecule has 1 aliphatic carbocycles. The van der Waals surface area contributed by atoms with Crippen LogP contribution in [0.5, 0.6) is 0 Å². The van der Waals surface area contributed by atoms with Crippen LogP contribution in [0.15, 0.2) is 132 Å². The molecule has 0 N–H and O–H groups in total. The van der Waals surface area contributed by atoms with Crippen LogP contribution < -0.4 is 5.01 Å². The third kappa shape index (κ3) is 4.48. The topological polar surface area (TPSA) is 119 Å². The number of hydrogen-bond acceptors (Lipinski definition) is 7. The monoisotopic (exact) mass is 606 g/mol. The van der Waals surface area contributed by atoms with Crippen molar-refractivity contribution in [3.63, 3.8) is 0 Å². The SMILES string of the molecule is Cc1ccc(C2=NN(c3ccccc3)[C@]3(C(=O)/C(=C/c4ccc([N+](=O)[O-])cc4)c4ccccc43)[C@H]2c2ccc([N+](=O)[O-])cc2)cc1. The number of hydrazone groups is 1. The van der Waals surface area contributed by atoms with Crippen LogP contribution in [0.2, 0.25) is 0 Å². The highest BCUT2D eigenvalue weighted by molar-refractivity contribution is 6.36. The van der Waals surface area contributed by atoms with Crippen molar-refractivity contribution < 1.29 is 14.6 Å². The van der Waals surface area contributed by atoms with E-state index < -0.39 is 21.3 Å². The van der Waals surface area contributed by atoms with Crippen molar-refractivity contribution in [2.45, 2.75) is 18.4 Å². The molecule has 5 aromatic rings. The normalized spacial score (nSPS) is 19.4. The number of fused-ring (bicyclic) bond motifs is 2. The summed E-state index contributed by atoms with van der Waals surface area (Å²) in [5.41, 5.74) is 5.00. The molecular formula is C37H26N4O5. The molecule has 0 bridgehead atoms. The van der Waals surface area contributed by atoms with E-state index in [4.69, 9.17) is 5.10 Å². The minimum Gasteiger partial charge on any atom is -0.291 e. The van der Waals surface area contributed by atoms with Crippen molar-refractivity contribution in [3.05, 3.63) is 181 Å². The van der Waals surface area contributed by atoms with E-state index in [2.05, 4.69) is 0 Å². The molecule has 0 fully saturated rings. The summed E-state index contributed by atoms with van der Waals surface area (Å²) in [6.45, 7) is 2.00. The number of carbonyl (C=O) groups excluding carboxylic acids is 1. The summed E-state index contributed by atoms with van der Waals surface area (Å²) in [6.07, 6.45) is 1.76. The zero-order chi connectivity index (χ0) is 32.0. The van der Waals surface area contributed by atoms with E-state index in [9.17, 15) is 20.2 Å². The first-order valence-corrected chi connectivity index (χ1v) is 14.6. The second-order valence-corrected chi connectivity index (χ2v) is 11.3. The van der Waals surface area contributed by atoms with Gasteiger partial charge in [-0.15, -0.1) is 0 Å². The van der Waals surface area contributed by atoms with Gasteiger partial charge in [0.15, 0.2) is 11.3 Å². The van der Waals surface area contributed by atoms with Crippen molar-refractivity contribution in [1.29, 1.82) is 0 Å². The van der Waals surface area contributed by atoms with Gasteiger partial charge in [-0.2, -0.15) is 5.10 Å². The second-order valence-electron chi connectivity index (χ2n) is 11.3. The lowest BCUT2D eigenvalue weighted by molar-refractivity contribution is -0.385. The number of hydrogen-bond donors (Lipinski definition) is 0. The molecule has 9 heteroatoms. The van der Waals surface area contributed by atoms with Crippen LogP contribution >= 0.6 is 0 Å². The van der Waals surface area contributed by atoms with Gasteiger partial charge >= 0.3 is 0 Å². The molecule has 0 unspecified atom stereocenters. The Morgan fingerprint density at radius 1 is 0.739 bits per heavy atom. The molecule has 0 aromatic heterocycles. The maximum absolute atomic E-state index is 15.3. The average molecular weight is 607 g/mol. The van der Waals surface area contributed by atoms with E-state index in [1.807, 2.05) is 85.8 Å². The average Bonchev–Trinajstić information content (AvgIpc) is 3.55. The number of non-ortho nitro benzene ring substituents is 2. The minimum atomic E-state index is -1.39. The number of anilines is 1. The third-order valence-electron chi connectivity index (χ3n) is 8.65.